The first kappa shape index (κ1) is 22.3. The molecular weight excluding hydrogens is 426 g/mol. The van der Waals surface area contributed by atoms with Crippen LogP contribution in [0.4, 0.5) is 4.79 Å². The summed E-state index contributed by atoms with van der Waals surface area (Å²) < 4.78 is 56.6. The fraction of sp³-hybridized carbons (Fsp3) is 0.333. The van der Waals surface area contributed by atoms with Gasteiger partial charge in [-0.05, 0) is 25.5 Å². The number of urea groups is 1. The van der Waals surface area contributed by atoms with Gasteiger partial charge in [-0.1, -0.05) is 23.8 Å². The van der Waals surface area contributed by atoms with Crippen LogP contribution in [-0.4, -0.2) is 55.6 Å². The fourth-order valence-electron chi connectivity index (χ4n) is 2.28. The average molecular weight is 445 g/mol. The Kier molecular flexibility index (Phi) is 6.58. The number of nitrogens with one attached hydrogen (secondary N) is 1. The van der Waals surface area contributed by atoms with Gasteiger partial charge in [-0.25, -0.2) is 26.4 Å². The number of nitrogens with zero attached hydrogens (tertiary/aromatic N) is 4. The van der Waals surface area contributed by atoms with Crippen LogP contribution in [-0.2, 0) is 19.9 Å². The van der Waals surface area contributed by atoms with Gasteiger partial charge in [0.15, 0.2) is 9.84 Å². The number of benzene rings is 1. The maximum absolute atomic E-state index is 12.6. The Morgan fingerprint density at radius 3 is 2.41 bits per heavy atom. The van der Waals surface area contributed by atoms with Crippen LogP contribution in [0.25, 0.3) is 0 Å². The molecule has 2 N–H and O–H groups in total. The van der Waals surface area contributed by atoms with Crippen molar-refractivity contribution in [2.45, 2.75) is 30.1 Å². The van der Waals surface area contributed by atoms with E-state index >= 15 is 0 Å². The van der Waals surface area contributed by atoms with Crippen LogP contribution >= 0.6 is 0 Å². The number of hydrogen-bond donors (Lipinski definition) is 2. The average Bonchev–Trinajstić information content (AvgIpc) is 2.64. The molecule has 12 nitrogen and oxygen atoms in total. The van der Waals surface area contributed by atoms with Crippen molar-refractivity contribution in [3.05, 3.63) is 35.7 Å². The molecule has 14 heteroatoms. The topological polar surface area (TPSA) is 170 Å². The molecule has 0 spiro atoms. The summed E-state index contributed by atoms with van der Waals surface area (Å²) in [6, 6.07) is 3.16. The van der Waals surface area contributed by atoms with Crippen molar-refractivity contribution in [3.63, 3.8) is 0 Å². The minimum Gasteiger partial charge on any atom is -0.466 e. The van der Waals surface area contributed by atoms with Gasteiger partial charge in [0.1, 0.15) is 10.7 Å². The molecule has 1 aromatic carbocycles. The first-order valence-electron chi connectivity index (χ1n) is 8.16. The number of ether oxygens (including phenoxy) is 1. The van der Waals surface area contributed by atoms with Crippen LogP contribution in [0.15, 0.2) is 39.0 Å². The normalized spacial score (nSPS) is 12.6. The minimum absolute atomic E-state index is 0.0950. The largest absolute Gasteiger partial charge is 0.466 e. The van der Waals surface area contributed by atoms with E-state index in [1.54, 1.807) is 11.6 Å². The number of methoxy groups -OCH3 is 1. The molecule has 158 valence electrons. The maximum Gasteiger partial charge on any atom is 0.358 e. The number of carbonyl (C=O) groups excluding carboxylic acids is 1. The highest BCUT2D eigenvalue weighted by atomic mass is 32.2. The van der Waals surface area contributed by atoms with Gasteiger partial charge in [0.2, 0.25) is 0 Å². The van der Waals surface area contributed by atoms with Gasteiger partial charge in [-0.3, -0.25) is 0 Å². The molecule has 0 radical (unpaired) electrons. The Bertz CT molecular complexity index is 1200. The fourth-order valence-corrected chi connectivity index (χ4v) is 5.39. The van der Waals surface area contributed by atoms with Gasteiger partial charge in [-0.2, -0.15) is 15.0 Å². The predicted molar refractivity (Wildman–Crippen MR) is 98.6 cm³/mol. The third-order valence-corrected chi connectivity index (χ3v) is 6.92. The number of sulfonamides is 1. The Morgan fingerprint density at radius 1 is 1.21 bits per heavy atom. The lowest BCUT2D eigenvalue weighted by atomic mass is 10.4. The van der Waals surface area contributed by atoms with Crippen molar-refractivity contribution in [2.24, 2.45) is 4.99 Å². The van der Waals surface area contributed by atoms with Crippen LogP contribution < -0.4 is 15.1 Å². The molecule has 0 saturated heterocycles. The molecular formula is C15H19N5O7S2. The van der Waals surface area contributed by atoms with E-state index < -0.39 is 41.3 Å². The third kappa shape index (κ3) is 5.08. The number of amides is 2. The summed E-state index contributed by atoms with van der Waals surface area (Å²) in [6.07, 6.45) is 0.282. The molecule has 0 aliphatic heterocycles. The smallest absolute Gasteiger partial charge is 0.358 e. The van der Waals surface area contributed by atoms with E-state index in [-0.39, 0.29) is 28.7 Å². The van der Waals surface area contributed by atoms with E-state index in [0.29, 0.717) is 0 Å². The number of aromatic nitrogens is 3. The molecule has 0 saturated carbocycles. The Balaban J connectivity index is 2.47. The van der Waals surface area contributed by atoms with E-state index in [4.69, 9.17) is 4.74 Å². The molecule has 0 aliphatic rings. The highest BCUT2D eigenvalue weighted by Gasteiger charge is 2.27. The SMILES string of the molecule is CCCS(=O)(=O)c1ccccc1S(=O)(=O)NC(=O)N=c1nc(C)nc(OC)n1O. The second-order valence-electron chi connectivity index (χ2n) is 5.66. The number of sulfone groups is 1. The van der Waals surface area contributed by atoms with Crippen LogP contribution in [0.5, 0.6) is 6.01 Å². The van der Waals surface area contributed by atoms with Crippen molar-refractivity contribution in [2.75, 3.05) is 12.9 Å². The molecule has 1 heterocycles. The summed E-state index contributed by atoms with van der Waals surface area (Å²) in [4.78, 5) is 21.9. The minimum atomic E-state index is -4.59. The van der Waals surface area contributed by atoms with Gasteiger partial charge in [0.25, 0.3) is 15.6 Å². The lowest BCUT2D eigenvalue weighted by Gasteiger charge is -2.10. The lowest BCUT2D eigenvalue weighted by Crippen LogP contribution is -2.34. The van der Waals surface area contributed by atoms with Gasteiger partial charge >= 0.3 is 12.0 Å². The monoisotopic (exact) mass is 445 g/mol. The van der Waals surface area contributed by atoms with E-state index in [9.17, 15) is 26.8 Å². The van der Waals surface area contributed by atoms with Gasteiger partial charge in [0.05, 0.1) is 17.8 Å². The summed E-state index contributed by atoms with van der Waals surface area (Å²) in [5.74, 6) is -0.167. The van der Waals surface area contributed by atoms with Crippen molar-refractivity contribution in [3.8, 4) is 6.01 Å². The Labute approximate surface area is 166 Å². The van der Waals surface area contributed by atoms with E-state index in [2.05, 4.69) is 15.0 Å². The van der Waals surface area contributed by atoms with Crippen molar-refractivity contribution < 1.29 is 31.6 Å². The Hall–Kier alpha value is -3.00. The molecule has 0 fully saturated rings. The second kappa shape index (κ2) is 8.57. The zero-order chi connectivity index (χ0) is 21.8. The van der Waals surface area contributed by atoms with E-state index in [0.717, 1.165) is 12.1 Å². The van der Waals surface area contributed by atoms with Gasteiger partial charge < -0.3 is 9.94 Å². The van der Waals surface area contributed by atoms with Gasteiger partial charge in [-0.15, -0.1) is 0 Å². The number of aryl methyl sites for hydroxylation is 1. The van der Waals surface area contributed by atoms with Crippen LogP contribution in [0.1, 0.15) is 19.2 Å². The summed E-state index contributed by atoms with van der Waals surface area (Å²) >= 11 is 0. The molecule has 2 amide bonds. The zero-order valence-corrected chi connectivity index (χ0v) is 17.4. The van der Waals surface area contributed by atoms with Gasteiger partial charge in [0, 0.05) is 0 Å². The number of rotatable bonds is 6. The maximum atomic E-state index is 12.6. The highest BCUT2D eigenvalue weighted by Crippen LogP contribution is 2.22. The molecule has 2 aromatic rings. The summed E-state index contributed by atoms with van der Waals surface area (Å²) in [6.45, 7) is 3.07. The van der Waals surface area contributed by atoms with Crippen molar-refractivity contribution in [1.29, 1.82) is 0 Å². The molecule has 1 aromatic heterocycles. The zero-order valence-electron chi connectivity index (χ0n) is 15.7. The Morgan fingerprint density at radius 2 is 1.83 bits per heavy atom. The molecule has 29 heavy (non-hydrogen) atoms. The molecule has 0 atom stereocenters. The predicted octanol–water partition coefficient (Wildman–Crippen LogP) is 0.0153. The summed E-state index contributed by atoms with van der Waals surface area (Å²) in [5.41, 5.74) is -0.589. The molecule has 0 bridgehead atoms. The van der Waals surface area contributed by atoms with Crippen LogP contribution in [0, 0.1) is 6.92 Å². The molecule has 0 aliphatic carbocycles. The molecule has 2 rings (SSSR count). The first-order chi connectivity index (χ1) is 13.5. The number of hydrogen-bond acceptors (Lipinski definition) is 9. The quantitative estimate of drug-likeness (QED) is 0.582. The van der Waals surface area contributed by atoms with Crippen LogP contribution in [0.2, 0.25) is 0 Å². The summed E-state index contributed by atoms with van der Waals surface area (Å²) in [7, 11) is -7.27. The molecule has 0 unspecified atom stereocenters. The standard InChI is InChI=1S/C15H19N5O7S2/c1-4-9-28(23,24)11-7-5-6-8-12(11)29(25,26)19-14(21)18-13-16-10(2)17-15(27-3)20(13)22/h5-8,22H,4,9H2,1-3H3,(H,19,21). The van der Waals surface area contributed by atoms with Crippen LogP contribution in [0.3, 0.4) is 0 Å². The summed E-state index contributed by atoms with van der Waals surface area (Å²) in [5, 5.41) is 9.85. The number of carbonyl (C=O) groups is 1. The highest BCUT2D eigenvalue weighted by molar-refractivity contribution is 7.93. The van der Waals surface area contributed by atoms with E-state index in [1.807, 2.05) is 0 Å². The second-order valence-corrected chi connectivity index (χ2v) is 9.39. The lowest BCUT2D eigenvalue weighted by molar-refractivity contribution is 0.125. The first-order valence-corrected chi connectivity index (χ1v) is 11.3. The van der Waals surface area contributed by atoms with Crippen molar-refractivity contribution in [1.82, 2.24) is 19.4 Å². The van der Waals surface area contributed by atoms with E-state index in [1.165, 1.54) is 26.2 Å². The van der Waals surface area contributed by atoms with Crippen molar-refractivity contribution >= 4 is 25.9 Å². The third-order valence-electron chi connectivity index (χ3n) is 3.44.